The van der Waals surface area contributed by atoms with Crippen LogP contribution in [0, 0.1) is 0 Å². The first-order valence-electron chi connectivity index (χ1n) is 8.92. The highest BCUT2D eigenvalue weighted by atomic mass is 15.4. The number of anilines is 2. The van der Waals surface area contributed by atoms with Crippen molar-refractivity contribution in [3.8, 4) is 5.82 Å². The lowest BCUT2D eigenvalue weighted by molar-refractivity contribution is 0.637. The number of rotatable bonds is 3. The van der Waals surface area contributed by atoms with Crippen molar-refractivity contribution < 1.29 is 0 Å². The van der Waals surface area contributed by atoms with Crippen molar-refractivity contribution in [3.63, 3.8) is 0 Å². The fourth-order valence-corrected chi connectivity index (χ4v) is 3.28. The van der Waals surface area contributed by atoms with Crippen LogP contribution in [0.3, 0.4) is 0 Å². The summed E-state index contributed by atoms with van der Waals surface area (Å²) in [6, 6.07) is 13.8. The minimum absolute atomic E-state index is 0.717. The summed E-state index contributed by atoms with van der Waals surface area (Å²) < 4.78 is 1.70. The fraction of sp³-hybridized carbons (Fsp3) is 0.211. The van der Waals surface area contributed by atoms with Crippen molar-refractivity contribution in [1.29, 1.82) is 0 Å². The van der Waals surface area contributed by atoms with Gasteiger partial charge in [-0.05, 0) is 30.3 Å². The summed E-state index contributed by atoms with van der Waals surface area (Å²) >= 11 is 0. The molecule has 0 unspecified atom stereocenters. The van der Waals surface area contributed by atoms with Gasteiger partial charge in [0.2, 0.25) is 0 Å². The number of benzene rings is 1. The molecule has 0 bridgehead atoms. The van der Waals surface area contributed by atoms with E-state index < -0.39 is 0 Å². The number of hydrogen-bond donors (Lipinski definition) is 0. The van der Waals surface area contributed by atoms with Gasteiger partial charge in [-0.25, -0.2) is 9.67 Å². The highest BCUT2D eigenvalue weighted by Crippen LogP contribution is 2.19. The Kier molecular flexibility index (Phi) is 3.86. The molecular formula is C19H18N8. The maximum atomic E-state index is 4.74. The second kappa shape index (κ2) is 6.64. The topological polar surface area (TPSA) is 75.9 Å². The third-order valence-corrected chi connectivity index (χ3v) is 4.74. The maximum absolute atomic E-state index is 4.74. The molecule has 1 fully saturated rings. The molecule has 5 rings (SSSR count). The number of fused-ring (bicyclic) bond motifs is 1. The standard InChI is InChI=1S/C19H18N8/c1-2-5-16-15(4-1)20-14-19(22-16)26-12-10-25(11-13-26)17-6-7-18(24-23-17)27-9-3-8-21-27/h1-9,14H,10-13H2. The quantitative estimate of drug-likeness (QED) is 0.554. The molecule has 0 N–H and O–H groups in total. The molecule has 0 amide bonds. The van der Waals surface area contributed by atoms with Crippen molar-refractivity contribution in [1.82, 2.24) is 29.9 Å². The lowest BCUT2D eigenvalue weighted by Crippen LogP contribution is -2.47. The van der Waals surface area contributed by atoms with Crippen LogP contribution in [0.25, 0.3) is 16.9 Å². The molecule has 0 atom stereocenters. The van der Waals surface area contributed by atoms with Crippen LogP contribution in [0.15, 0.2) is 61.1 Å². The molecule has 4 heterocycles. The summed E-state index contributed by atoms with van der Waals surface area (Å²) in [7, 11) is 0. The SMILES string of the molecule is c1ccc2nc(N3CCN(c4ccc(-n5cccn5)nn4)CC3)cnc2c1. The third kappa shape index (κ3) is 3.05. The van der Waals surface area contributed by atoms with Crippen molar-refractivity contribution >= 4 is 22.7 Å². The van der Waals surface area contributed by atoms with E-state index in [1.807, 2.05) is 54.9 Å². The molecule has 0 saturated carbocycles. The number of aromatic nitrogens is 6. The van der Waals surface area contributed by atoms with E-state index in [0.29, 0.717) is 5.82 Å². The lowest BCUT2D eigenvalue weighted by atomic mass is 10.3. The number of nitrogens with zero attached hydrogens (tertiary/aromatic N) is 8. The van der Waals surface area contributed by atoms with Gasteiger partial charge in [0.1, 0.15) is 5.82 Å². The van der Waals surface area contributed by atoms with E-state index in [1.165, 1.54) is 0 Å². The summed E-state index contributed by atoms with van der Waals surface area (Å²) in [5.74, 6) is 2.53. The molecule has 0 radical (unpaired) electrons. The molecule has 1 aliphatic heterocycles. The van der Waals surface area contributed by atoms with Gasteiger partial charge in [-0.3, -0.25) is 4.98 Å². The summed E-state index contributed by atoms with van der Waals surface area (Å²) in [6.45, 7) is 3.47. The van der Waals surface area contributed by atoms with Crippen LogP contribution in [0.4, 0.5) is 11.6 Å². The molecule has 3 aromatic heterocycles. The highest BCUT2D eigenvalue weighted by Gasteiger charge is 2.20. The highest BCUT2D eigenvalue weighted by molar-refractivity contribution is 5.75. The Labute approximate surface area is 156 Å². The molecule has 8 heteroatoms. The Morgan fingerprint density at radius 1 is 0.704 bits per heavy atom. The summed E-state index contributed by atoms with van der Waals surface area (Å²) in [4.78, 5) is 13.8. The Morgan fingerprint density at radius 3 is 2.11 bits per heavy atom. The van der Waals surface area contributed by atoms with Gasteiger partial charge < -0.3 is 9.80 Å². The van der Waals surface area contributed by atoms with E-state index in [1.54, 1.807) is 10.9 Å². The maximum Gasteiger partial charge on any atom is 0.175 e. The lowest BCUT2D eigenvalue weighted by Gasteiger charge is -2.35. The van der Waals surface area contributed by atoms with E-state index in [4.69, 9.17) is 4.98 Å². The molecule has 1 aliphatic rings. The third-order valence-electron chi connectivity index (χ3n) is 4.74. The first-order chi connectivity index (χ1) is 13.4. The van der Waals surface area contributed by atoms with Gasteiger partial charge in [0.05, 0.1) is 17.2 Å². The minimum Gasteiger partial charge on any atom is -0.352 e. The van der Waals surface area contributed by atoms with E-state index in [-0.39, 0.29) is 0 Å². The predicted octanol–water partition coefficient (Wildman–Crippen LogP) is 1.93. The van der Waals surface area contributed by atoms with Gasteiger partial charge in [-0.2, -0.15) is 5.10 Å². The van der Waals surface area contributed by atoms with Crippen molar-refractivity contribution in [2.75, 3.05) is 36.0 Å². The van der Waals surface area contributed by atoms with Gasteiger partial charge in [0.15, 0.2) is 11.6 Å². The van der Waals surface area contributed by atoms with E-state index in [9.17, 15) is 0 Å². The molecule has 134 valence electrons. The summed E-state index contributed by atoms with van der Waals surface area (Å²) in [6.07, 6.45) is 5.44. The van der Waals surface area contributed by atoms with Gasteiger partial charge >= 0.3 is 0 Å². The van der Waals surface area contributed by atoms with Gasteiger partial charge in [-0.15, -0.1) is 10.2 Å². The van der Waals surface area contributed by atoms with Crippen LogP contribution in [-0.2, 0) is 0 Å². The van der Waals surface area contributed by atoms with Crippen molar-refractivity contribution in [2.45, 2.75) is 0 Å². The largest absolute Gasteiger partial charge is 0.352 e. The number of hydrogen-bond acceptors (Lipinski definition) is 7. The Morgan fingerprint density at radius 2 is 1.41 bits per heavy atom. The first-order valence-corrected chi connectivity index (χ1v) is 8.92. The van der Waals surface area contributed by atoms with Crippen molar-refractivity contribution in [3.05, 3.63) is 61.1 Å². The smallest absolute Gasteiger partial charge is 0.175 e. The van der Waals surface area contributed by atoms with E-state index in [0.717, 1.165) is 48.8 Å². The Hall–Kier alpha value is -3.55. The number of piperazine rings is 1. The zero-order valence-corrected chi connectivity index (χ0v) is 14.7. The minimum atomic E-state index is 0.717. The summed E-state index contributed by atoms with van der Waals surface area (Å²) in [5.41, 5.74) is 1.85. The molecule has 27 heavy (non-hydrogen) atoms. The monoisotopic (exact) mass is 358 g/mol. The Bertz CT molecular complexity index is 1040. The number of para-hydroxylation sites is 2. The predicted molar refractivity (Wildman–Crippen MR) is 103 cm³/mol. The zero-order valence-electron chi connectivity index (χ0n) is 14.7. The van der Waals surface area contributed by atoms with Crippen LogP contribution in [0.1, 0.15) is 0 Å². The van der Waals surface area contributed by atoms with Gasteiger partial charge in [0, 0.05) is 38.6 Å². The molecule has 0 aliphatic carbocycles. The van der Waals surface area contributed by atoms with E-state index >= 15 is 0 Å². The van der Waals surface area contributed by atoms with Gasteiger partial charge in [-0.1, -0.05) is 12.1 Å². The van der Waals surface area contributed by atoms with Crippen LogP contribution >= 0.6 is 0 Å². The molecule has 8 nitrogen and oxygen atoms in total. The second-order valence-electron chi connectivity index (χ2n) is 6.39. The Balaban J connectivity index is 1.28. The zero-order chi connectivity index (χ0) is 18.1. The van der Waals surface area contributed by atoms with Crippen molar-refractivity contribution in [2.24, 2.45) is 0 Å². The fourth-order valence-electron chi connectivity index (χ4n) is 3.28. The normalized spacial score (nSPS) is 14.7. The average molecular weight is 358 g/mol. The van der Waals surface area contributed by atoms with Crippen LogP contribution in [0.5, 0.6) is 0 Å². The van der Waals surface area contributed by atoms with Gasteiger partial charge in [0.25, 0.3) is 0 Å². The van der Waals surface area contributed by atoms with Crippen LogP contribution in [0.2, 0.25) is 0 Å². The second-order valence-corrected chi connectivity index (χ2v) is 6.39. The first kappa shape index (κ1) is 15.7. The molecule has 1 saturated heterocycles. The molecular weight excluding hydrogens is 340 g/mol. The molecule has 1 aromatic carbocycles. The van der Waals surface area contributed by atoms with E-state index in [2.05, 4.69) is 30.1 Å². The summed E-state index contributed by atoms with van der Waals surface area (Å²) in [5, 5.41) is 12.8. The van der Waals surface area contributed by atoms with Crippen LogP contribution < -0.4 is 9.80 Å². The average Bonchev–Trinajstić information content (AvgIpc) is 3.29. The molecule has 0 spiro atoms. The van der Waals surface area contributed by atoms with Crippen LogP contribution in [-0.4, -0.2) is 56.1 Å². The molecule has 4 aromatic rings.